The summed E-state index contributed by atoms with van der Waals surface area (Å²) in [6, 6.07) is 12.9. The Balaban J connectivity index is 2.32. The van der Waals surface area contributed by atoms with Gasteiger partial charge in [0.2, 0.25) is 5.78 Å². The number of aromatic nitrogens is 1. The molecule has 0 saturated heterocycles. The van der Waals surface area contributed by atoms with Gasteiger partial charge in [0.05, 0.1) is 0 Å². The summed E-state index contributed by atoms with van der Waals surface area (Å²) in [5, 5.41) is 0. The second-order valence-electron chi connectivity index (χ2n) is 4.31. The zero-order valence-electron chi connectivity index (χ0n) is 10.3. The van der Waals surface area contributed by atoms with Crippen molar-refractivity contribution in [3.63, 3.8) is 0 Å². The van der Waals surface area contributed by atoms with Crippen molar-refractivity contribution in [2.45, 2.75) is 12.8 Å². The molecular weight excluding hydrogens is 224 g/mol. The molecule has 0 aliphatic rings. The molecule has 0 spiro atoms. The lowest BCUT2D eigenvalue weighted by molar-refractivity contribution is 0.103. The van der Waals surface area contributed by atoms with Crippen LogP contribution in [0.25, 0.3) is 0 Å². The van der Waals surface area contributed by atoms with Crippen LogP contribution in [0.4, 0.5) is 0 Å². The lowest BCUT2D eigenvalue weighted by Gasteiger charge is -2.10. The van der Waals surface area contributed by atoms with Crippen LogP contribution in [0.1, 0.15) is 34.5 Å². The normalized spacial score (nSPS) is 12.1. The van der Waals surface area contributed by atoms with Gasteiger partial charge in [-0.25, -0.2) is 0 Å². The number of rotatable bonds is 4. The van der Waals surface area contributed by atoms with Crippen LogP contribution >= 0.6 is 0 Å². The first kappa shape index (κ1) is 12.5. The number of nitrogens with zero attached hydrogens (tertiary/aromatic N) is 1. The van der Waals surface area contributed by atoms with E-state index in [1.54, 1.807) is 18.3 Å². The van der Waals surface area contributed by atoms with Crippen LogP contribution in [0.15, 0.2) is 48.7 Å². The molecular formula is C15H16N2O. The summed E-state index contributed by atoms with van der Waals surface area (Å²) in [5.41, 5.74) is 7.85. The van der Waals surface area contributed by atoms with E-state index in [4.69, 9.17) is 5.73 Å². The molecule has 1 heterocycles. The number of ketones is 1. The van der Waals surface area contributed by atoms with Gasteiger partial charge in [-0.05, 0) is 36.2 Å². The van der Waals surface area contributed by atoms with Crippen molar-refractivity contribution in [3.8, 4) is 0 Å². The van der Waals surface area contributed by atoms with Crippen molar-refractivity contribution in [1.82, 2.24) is 4.98 Å². The number of nitrogens with two attached hydrogens (primary N) is 1. The molecule has 1 aromatic heterocycles. The van der Waals surface area contributed by atoms with E-state index in [9.17, 15) is 4.79 Å². The number of benzene rings is 1. The molecule has 92 valence electrons. The van der Waals surface area contributed by atoms with Crippen LogP contribution in [-0.4, -0.2) is 17.3 Å². The molecule has 0 radical (unpaired) electrons. The van der Waals surface area contributed by atoms with Gasteiger partial charge in [-0.15, -0.1) is 0 Å². The van der Waals surface area contributed by atoms with Crippen molar-refractivity contribution in [2.75, 3.05) is 6.54 Å². The Labute approximate surface area is 107 Å². The molecule has 0 amide bonds. The van der Waals surface area contributed by atoms with E-state index in [1.165, 1.54) is 0 Å². The zero-order chi connectivity index (χ0) is 13.0. The third-order valence-electron chi connectivity index (χ3n) is 2.97. The quantitative estimate of drug-likeness (QED) is 0.835. The highest BCUT2D eigenvalue weighted by atomic mass is 16.1. The van der Waals surface area contributed by atoms with Gasteiger partial charge in [-0.1, -0.05) is 31.2 Å². The Morgan fingerprint density at radius 3 is 2.78 bits per heavy atom. The molecule has 0 aliphatic heterocycles. The van der Waals surface area contributed by atoms with Gasteiger partial charge in [-0.2, -0.15) is 0 Å². The van der Waals surface area contributed by atoms with Gasteiger partial charge < -0.3 is 5.73 Å². The third-order valence-corrected chi connectivity index (χ3v) is 2.97. The highest BCUT2D eigenvalue weighted by Gasteiger charge is 2.11. The Hall–Kier alpha value is -2.00. The lowest BCUT2D eigenvalue weighted by Crippen LogP contribution is -2.10. The minimum absolute atomic E-state index is 0.0540. The third kappa shape index (κ3) is 2.63. The van der Waals surface area contributed by atoms with E-state index in [0.717, 1.165) is 5.56 Å². The predicted molar refractivity (Wildman–Crippen MR) is 71.6 cm³/mol. The van der Waals surface area contributed by atoms with Gasteiger partial charge in [0.15, 0.2) is 0 Å². The first-order valence-corrected chi connectivity index (χ1v) is 5.98. The summed E-state index contributed by atoms with van der Waals surface area (Å²) >= 11 is 0. The summed E-state index contributed by atoms with van der Waals surface area (Å²) in [4.78, 5) is 16.3. The van der Waals surface area contributed by atoms with Crippen molar-refractivity contribution in [2.24, 2.45) is 5.73 Å². The Kier molecular flexibility index (Phi) is 3.85. The zero-order valence-corrected chi connectivity index (χ0v) is 10.3. The monoisotopic (exact) mass is 240 g/mol. The highest BCUT2D eigenvalue weighted by molar-refractivity contribution is 6.07. The molecule has 3 nitrogen and oxygen atoms in total. The molecule has 1 atom stereocenters. The summed E-state index contributed by atoms with van der Waals surface area (Å²) in [5.74, 6) is 0.197. The Bertz CT molecular complexity index is 537. The van der Waals surface area contributed by atoms with Crippen molar-refractivity contribution in [3.05, 3.63) is 65.5 Å². The number of carbonyl (C=O) groups is 1. The molecule has 18 heavy (non-hydrogen) atoms. The van der Waals surface area contributed by atoms with E-state index >= 15 is 0 Å². The number of pyridine rings is 1. The second kappa shape index (κ2) is 5.56. The van der Waals surface area contributed by atoms with Crippen LogP contribution in [0.2, 0.25) is 0 Å². The second-order valence-corrected chi connectivity index (χ2v) is 4.31. The molecule has 1 unspecified atom stereocenters. The maximum Gasteiger partial charge on any atom is 0.211 e. The van der Waals surface area contributed by atoms with Crippen LogP contribution in [0, 0.1) is 0 Å². The number of hydrogen-bond donors (Lipinski definition) is 1. The highest BCUT2D eigenvalue weighted by Crippen LogP contribution is 2.17. The van der Waals surface area contributed by atoms with E-state index in [-0.39, 0.29) is 11.7 Å². The van der Waals surface area contributed by atoms with Crippen molar-refractivity contribution < 1.29 is 4.79 Å². The van der Waals surface area contributed by atoms with E-state index in [1.807, 2.05) is 37.3 Å². The SMILES string of the molecule is CC(CN)c1cccc(C(=O)c2ccccn2)c1. The Morgan fingerprint density at radius 1 is 1.28 bits per heavy atom. The molecule has 0 fully saturated rings. The molecule has 1 aromatic carbocycles. The maximum atomic E-state index is 12.2. The summed E-state index contributed by atoms with van der Waals surface area (Å²) in [6.45, 7) is 2.62. The first-order valence-electron chi connectivity index (χ1n) is 5.98. The van der Waals surface area contributed by atoms with E-state index in [0.29, 0.717) is 17.8 Å². The summed E-state index contributed by atoms with van der Waals surface area (Å²) in [6.07, 6.45) is 1.62. The summed E-state index contributed by atoms with van der Waals surface area (Å²) in [7, 11) is 0. The van der Waals surface area contributed by atoms with E-state index in [2.05, 4.69) is 4.98 Å². The van der Waals surface area contributed by atoms with Crippen LogP contribution in [0.3, 0.4) is 0 Å². The maximum absolute atomic E-state index is 12.2. The van der Waals surface area contributed by atoms with Crippen LogP contribution in [0.5, 0.6) is 0 Å². The van der Waals surface area contributed by atoms with Gasteiger partial charge >= 0.3 is 0 Å². The number of carbonyl (C=O) groups excluding carboxylic acids is 1. The molecule has 0 bridgehead atoms. The van der Waals surface area contributed by atoms with Gasteiger partial charge in [-0.3, -0.25) is 9.78 Å². The van der Waals surface area contributed by atoms with Crippen molar-refractivity contribution >= 4 is 5.78 Å². The molecule has 0 saturated carbocycles. The van der Waals surface area contributed by atoms with Crippen molar-refractivity contribution in [1.29, 1.82) is 0 Å². The molecule has 2 N–H and O–H groups in total. The first-order chi connectivity index (χ1) is 8.72. The smallest absolute Gasteiger partial charge is 0.211 e. The minimum atomic E-state index is -0.0540. The average molecular weight is 240 g/mol. The van der Waals surface area contributed by atoms with Gasteiger partial charge in [0.25, 0.3) is 0 Å². The topological polar surface area (TPSA) is 56.0 Å². The van der Waals surface area contributed by atoms with Crippen LogP contribution in [-0.2, 0) is 0 Å². The molecule has 2 aromatic rings. The number of hydrogen-bond acceptors (Lipinski definition) is 3. The van der Waals surface area contributed by atoms with E-state index < -0.39 is 0 Å². The fourth-order valence-electron chi connectivity index (χ4n) is 1.77. The average Bonchev–Trinajstić information content (AvgIpc) is 2.46. The van der Waals surface area contributed by atoms with Gasteiger partial charge in [0.1, 0.15) is 5.69 Å². The predicted octanol–water partition coefficient (Wildman–Crippen LogP) is 2.37. The fraction of sp³-hybridized carbons (Fsp3) is 0.200. The lowest BCUT2D eigenvalue weighted by atomic mass is 9.97. The molecule has 0 aliphatic carbocycles. The van der Waals surface area contributed by atoms with Crippen LogP contribution < -0.4 is 5.73 Å². The molecule has 2 rings (SSSR count). The van der Waals surface area contributed by atoms with Gasteiger partial charge in [0, 0.05) is 11.8 Å². The standard InChI is InChI=1S/C15H16N2O/c1-11(10-16)12-5-4-6-13(9-12)15(18)14-7-2-3-8-17-14/h2-9,11H,10,16H2,1H3. The minimum Gasteiger partial charge on any atom is -0.330 e. The molecule has 3 heteroatoms. The summed E-state index contributed by atoms with van der Waals surface area (Å²) < 4.78 is 0. The fourth-order valence-corrected chi connectivity index (χ4v) is 1.77. The largest absolute Gasteiger partial charge is 0.330 e. The Morgan fingerprint density at radius 2 is 2.11 bits per heavy atom.